The fourth-order valence-corrected chi connectivity index (χ4v) is 5.41. The smallest absolute Gasteiger partial charge is 0.115 e. The molecule has 0 aliphatic heterocycles. The van der Waals surface area contributed by atoms with Crippen LogP contribution in [0.1, 0.15) is 62.6 Å². The number of hydrogen-bond acceptors (Lipinski definition) is 4. The topological polar surface area (TPSA) is 24.9 Å². The Labute approximate surface area is 134 Å². The number of nitrogens with one attached hydrogen (secondary N) is 1. The van der Waals surface area contributed by atoms with Gasteiger partial charge in [-0.05, 0) is 64.0 Å². The highest BCUT2D eigenvalue weighted by molar-refractivity contribution is 7.12. The number of thiazole rings is 1. The quantitative estimate of drug-likeness (QED) is 0.895. The molecular formula is C17H22N2S2. The Morgan fingerprint density at radius 2 is 2.00 bits per heavy atom. The van der Waals surface area contributed by atoms with Gasteiger partial charge in [-0.15, -0.1) is 22.7 Å². The van der Waals surface area contributed by atoms with Crippen LogP contribution in [-0.4, -0.2) is 11.0 Å². The van der Waals surface area contributed by atoms with E-state index in [2.05, 4.69) is 25.2 Å². The van der Waals surface area contributed by atoms with E-state index in [9.17, 15) is 0 Å². The first-order chi connectivity index (χ1) is 10.2. The minimum absolute atomic E-state index is 0.318. The number of rotatable bonds is 4. The van der Waals surface area contributed by atoms with Gasteiger partial charge in [-0.2, -0.15) is 0 Å². The maximum Gasteiger partial charge on any atom is 0.115 e. The molecule has 4 rings (SSSR count). The average molecular weight is 319 g/mol. The summed E-state index contributed by atoms with van der Waals surface area (Å²) in [7, 11) is 0. The largest absolute Gasteiger partial charge is 0.301 e. The van der Waals surface area contributed by atoms with Crippen molar-refractivity contribution in [3.05, 3.63) is 37.0 Å². The van der Waals surface area contributed by atoms with Gasteiger partial charge in [-0.25, -0.2) is 4.98 Å². The molecule has 2 aromatic heterocycles. The van der Waals surface area contributed by atoms with Crippen LogP contribution >= 0.6 is 22.7 Å². The van der Waals surface area contributed by atoms with E-state index >= 15 is 0 Å². The molecule has 1 atom stereocenters. The first-order valence-electron chi connectivity index (χ1n) is 8.02. The highest BCUT2D eigenvalue weighted by atomic mass is 32.1. The Morgan fingerprint density at radius 1 is 1.19 bits per heavy atom. The van der Waals surface area contributed by atoms with E-state index in [0.717, 1.165) is 0 Å². The molecule has 2 aliphatic carbocycles. The van der Waals surface area contributed by atoms with Crippen molar-refractivity contribution in [2.45, 2.75) is 64.5 Å². The first kappa shape index (κ1) is 13.9. The van der Waals surface area contributed by atoms with Crippen molar-refractivity contribution < 1.29 is 0 Å². The summed E-state index contributed by atoms with van der Waals surface area (Å²) in [6.45, 7) is 4.46. The Balaban J connectivity index is 1.71. The SMILES string of the molecule is Cc1cc(C(NC2CC2)c2nc3c(s2)CCCC3)c(C)s1. The molecule has 2 aliphatic rings. The normalized spacial score (nSPS) is 19.5. The molecule has 0 bridgehead atoms. The third-order valence-electron chi connectivity index (χ3n) is 4.48. The highest BCUT2D eigenvalue weighted by Crippen LogP contribution is 2.37. The molecule has 0 radical (unpaired) electrons. The van der Waals surface area contributed by atoms with E-state index in [0.29, 0.717) is 12.1 Å². The van der Waals surface area contributed by atoms with Crippen molar-refractivity contribution in [3.8, 4) is 0 Å². The van der Waals surface area contributed by atoms with Crippen LogP contribution in [0.3, 0.4) is 0 Å². The fourth-order valence-electron chi connectivity index (χ4n) is 3.21. The molecular weight excluding hydrogens is 296 g/mol. The van der Waals surface area contributed by atoms with Crippen molar-refractivity contribution in [1.29, 1.82) is 0 Å². The zero-order valence-corrected chi connectivity index (χ0v) is 14.4. The van der Waals surface area contributed by atoms with Crippen molar-refractivity contribution in [1.82, 2.24) is 10.3 Å². The lowest BCUT2D eigenvalue weighted by Gasteiger charge is -2.16. The molecule has 2 aromatic rings. The number of fused-ring (bicyclic) bond motifs is 1. The number of aromatic nitrogens is 1. The van der Waals surface area contributed by atoms with Gasteiger partial charge in [0.2, 0.25) is 0 Å². The van der Waals surface area contributed by atoms with Gasteiger partial charge >= 0.3 is 0 Å². The van der Waals surface area contributed by atoms with Gasteiger partial charge in [0.1, 0.15) is 5.01 Å². The average Bonchev–Trinajstić information content (AvgIpc) is 3.08. The second-order valence-corrected chi connectivity index (χ2v) is 8.95. The van der Waals surface area contributed by atoms with Gasteiger partial charge in [0.05, 0.1) is 11.7 Å². The number of thiophene rings is 1. The molecule has 2 nitrogen and oxygen atoms in total. The van der Waals surface area contributed by atoms with Crippen molar-refractivity contribution in [3.63, 3.8) is 0 Å². The van der Waals surface area contributed by atoms with Gasteiger partial charge in [-0.1, -0.05) is 0 Å². The fraction of sp³-hybridized carbons (Fsp3) is 0.588. The summed E-state index contributed by atoms with van der Waals surface area (Å²) < 4.78 is 0. The molecule has 4 heteroatoms. The van der Waals surface area contributed by atoms with E-state index < -0.39 is 0 Å². The lowest BCUT2D eigenvalue weighted by Crippen LogP contribution is -2.24. The van der Waals surface area contributed by atoms with Crippen molar-refractivity contribution in [2.75, 3.05) is 0 Å². The van der Waals surface area contributed by atoms with Gasteiger partial charge in [-0.3, -0.25) is 0 Å². The molecule has 1 fully saturated rings. The third-order valence-corrected chi connectivity index (χ3v) is 6.68. The van der Waals surface area contributed by atoms with Crippen LogP contribution in [0.4, 0.5) is 0 Å². The summed E-state index contributed by atoms with van der Waals surface area (Å²) in [6, 6.07) is 3.38. The van der Waals surface area contributed by atoms with Gasteiger partial charge in [0.15, 0.2) is 0 Å². The van der Waals surface area contributed by atoms with Gasteiger partial charge in [0, 0.05) is 20.7 Å². The molecule has 0 spiro atoms. The van der Waals surface area contributed by atoms with E-state index in [-0.39, 0.29) is 0 Å². The Hall–Kier alpha value is -0.710. The minimum Gasteiger partial charge on any atom is -0.301 e. The molecule has 21 heavy (non-hydrogen) atoms. The molecule has 112 valence electrons. The Morgan fingerprint density at radius 3 is 2.67 bits per heavy atom. The monoisotopic (exact) mass is 318 g/mol. The predicted octanol–water partition coefficient (Wildman–Crippen LogP) is 4.54. The van der Waals surface area contributed by atoms with Gasteiger partial charge in [0.25, 0.3) is 0 Å². The highest BCUT2D eigenvalue weighted by Gasteiger charge is 2.30. The lowest BCUT2D eigenvalue weighted by atomic mass is 10.0. The summed E-state index contributed by atoms with van der Waals surface area (Å²) in [4.78, 5) is 9.42. The van der Waals surface area contributed by atoms with Crippen LogP contribution in [0, 0.1) is 13.8 Å². The first-order valence-corrected chi connectivity index (χ1v) is 9.65. The van der Waals surface area contributed by atoms with Crippen molar-refractivity contribution in [2.24, 2.45) is 0 Å². The molecule has 1 saturated carbocycles. The number of aryl methyl sites for hydroxylation is 4. The minimum atomic E-state index is 0.318. The summed E-state index contributed by atoms with van der Waals surface area (Å²) in [6.07, 6.45) is 7.72. The van der Waals surface area contributed by atoms with Crippen LogP contribution in [0.2, 0.25) is 0 Å². The van der Waals surface area contributed by atoms with Crippen LogP contribution in [0.5, 0.6) is 0 Å². The Bertz CT molecular complexity index is 628. The molecule has 0 amide bonds. The van der Waals surface area contributed by atoms with Crippen LogP contribution < -0.4 is 5.32 Å². The molecule has 1 N–H and O–H groups in total. The van der Waals surface area contributed by atoms with Gasteiger partial charge < -0.3 is 5.32 Å². The van der Waals surface area contributed by atoms with Crippen LogP contribution in [0.15, 0.2) is 6.07 Å². The number of hydrogen-bond donors (Lipinski definition) is 1. The molecule has 1 unspecified atom stereocenters. The molecule has 0 saturated heterocycles. The maximum atomic E-state index is 5.02. The number of nitrogens with zero attached hydrogens (tertiary/aromatic N) is 1. The predicted molar refractivity (Wildman–Crippen MR) is 90.5 cm³/mol. The molecule has 2 heterocycles. The van der Waals surface area contributed by atoms with Crippen LogP contribution in [-0.2, 0) is 12.8 Å². The third kappa shape index (κ3) is 2.81. The summed E-state index contributed by atoms with van der Waals surface area (Å²) in [5, 5.41) is 5.14. The summed E-state index contributed by atoms with van der Waals surface area (Å²) in [5.41, 5.74) is 2.84. The van der Waals surface area contributed by atoms with Crippen molar-refractivity contribution >= 4 is 22.7 Å². The lowest BCUT2D eigenvalue weighted by molar-refractivity contribution is 0.593. The second-order valence-electron chi connectivity index (χ2n) is 6.37. The zero-order chi connectivity index (χ0) is 14.4. The molecule has 0 aromatic carbocycles. The Kier molecular flexibility index (Phi) is 3.64. The van der Waals surface area contributed by atoms with Crippen LogP contribution in [0.25, 0.3) is 0 Å². The summed E-state index contributed by atoms with van der Waals surface area (Å²) in [5.74, 6) is 0. The summed E-state index contributed by atoms with van der Waals surface area (Å²) >= 11 is 3.87. The van der Waals surface area contributed by atoms with E-state index in [1.165, 1.54) is 64.5 Å². The van der Waals surface area contributed by atoms with E-state index in [1.54, 1.807) is 4.88 Å². The van der Waals surface area contributed by atoms with E-state index in [1.807, 2.05) is 22.7 Å². The zero-order valence-electron chi connectivity index (χ0n) is 12.7. The maximum absolute atomic E-state index is 5.02. The standard InChI is InChI=1S/C17H22N2S2/c1-10-9-13(11(2)20-10)16(18-12-7-8-12)17-19-14-5-3-4-6-15(14)21-17/h9,12,16,18H,3-8H2,1-2H3. The van der Waals surface area contributed by atoms with E-state index in [4.69, 9.17) is 4.98 Å². The second kappa shape index (κ2) is 5.49.